The highest BCUT2D eigenvalue weighted by atomic mass is 16.5. The lowest BCUT2D eigenvalue weighted by molar-refractivity contribution is 0.0514. The third-order valence-corrected chi connectivity index (χ3v) is 2.34. The highest BCUT2D eigenvalue weighted by Crippen LogP contribution is 2.25. The Morgan fingerprint density at radius 3 is 2.76 bits per heavy atom. The summed E-state index contributed by atoms with van der Waals surface area (Å²) in [5.41, 5.74) is 1.73. The number of hydrogen-bond acceptors (Lipinski definition) is 5. The molecule has 0 unspecified atom stereocenters. The van der Waals surface area contributed by atoms with Gasteiger partial charge in [-0.05, 0) is 26.0 Å². The maximum Gasteiger partial charge on any atom is 0.360 e. The number of ether oxygens (including phenoxy) is 1. The van der Waals surface area contributed by atoms with Gasteiger partial charge in [-0.15, -0.1) is 0 Å². The molecule has 0 spiro atoms. The topological polar surface area (TPSA) is 65.2 Å². The van der Waals surface area contributed by atoms with Gasteiger partial charge >= 0.3 is 5.97 Å². The first-order chi connectivity index (χ1) is 8.24. The van der Waals surface area contributed by atoms with Crippen LogP contribution < -0.4 is 0 Å². The molecule has 0 aliphatic heterocycles. The van der Waals surface area contributed by atoms with Crippen molar-refractivity contribution in [2.45, 2.75) is 13.8 Å². The van der Waals surface area contributed by atoms with Crippen LogP contribution in [0.25, 0.3) is 11.3 Å². The summed E-state index contributed by atoms with van der Waals surface area (Å²) in [5.74, 6) is 0.101. The predicted octanol–water partition coefficient (Wildman–Crippen LogP) is 2.22. The number of nitrogens with zero attached hydrogens (tertiary/aromatic N) is 2. The Morgan fingerprint density at radius 1 is 1.41 bits per heavy atom. The van der Waals surface area contributed by atoms with E-state index in [1.54, 1.807) is 38.4 Å². The highest BCUT2D eigenvalue weighted by Gasteiger charge is 2.20. The summed E-state index contributed by atoms with van der Waals surface area (Å²) in [5, 5.41) is 3.74. The van der Waals surface area contributed by atoms with Crippen molar-refractivity contribution in [3.8, 4) is 11.3 Å². The Hall–Kier alpha value is -2.17. The molecule has 2 heterocycles. The monoisotopic (exact) mass is 232 g/mol. The molecule has 5 heteroatoms. The van der Waals surface area contributed by atoms with Crippen molar-refractivity contribution in [2.75, 3.05) is 6.61 Å². The Labute approximate surface area is 98.4 Å². The second-order valence-electron chi connectivity index (χ2n) is 3.44. The predicted molar refractivity (Wildman–Crippen MR) is 60.4 cm³/mol. The van der Waals surface area contributed by atoms with Crippen molar-refractivity contribution >= 4 is 5.97 Å². The summed E-state index contributed by atoms with van der Waals surface area (Å²) < 4.78 is 10.1. The molecule has 0 saturated carbocycles. The molecule has 0 saturated heterocycles. The molecular weight excluding hydrogens is 220 g/mol. The molecule has 0 fully saturated rings. The van der Waals surface area contributed by atoms with Gasteiger partial charge in [-0.25, -0.2) is 4.79 Å². The molecule has 0 radical (unpaired) electrons. The maximum absolute atomic E-state index is 11.6. The minimum Gasteiger partial charge on any atom is -0.461 e. The number of aromatic nitrogens is 2. The van der Waals surface area contributed by atoms with Crippen molar-refractivity contribution < 1.29 is 14.1 Å². The smallest absolute Gasteiger partial charge is 0.360 e. The molecule has 0 bridgehead atoms. The van der Waals surface area contributed by atoms with Gasteiger partial charge in [0.25, 0.3) is 0 Å². The van der Waals surface area contributed by atoms with Crippen LogP contribution in [-0.2, 0) is 4.74 Å². The zero-order valence-electron chi connectivity index (χ0n) is 9.64. The van der Waals surface area contributed by atoms with Crippen LogP contribution >= 0.6 is 0 Å². The average molecular weight is 232 g/mol. The van der Waals surface area contributed by atoms with Crippen LogP contribution in [0.4, 0.5) is 0 Å². The minimum absolute atomic E-state index is 0.221. The average Bonchev–Trinajstić information content (AvgIpc) is 2.72. The van der Waals surface area contributed by atoms with E-state index in [2.05, 4.69) is 10.1 Å². The van der Waals surface area contributed by atoms with Crippen LogP contribution in [0.1, 0.15) is 23.0 Å². The number of pyridine rings is 1. The summed E-state index contributed by atoms with van der Waals surface area (Å²) in [4.78, 5) is 15.5. The fourth-order valence-electron chi connectivity index (χ4n) is 1.50. The highest BCUT2D eigenvalue weighted by molar-refractivity contribution is 5.90. The van der Waals surface area contributed by atoms with Gasteiger partial charge in [0.1, 0.15) is 0 Å². The standard InChI is InChI=1S/C12H12N2O3/c1-3-16-12(15)10-8(2)11(17-14-10)9-4-6-13-7-5-9/h4-7H,3H2,1-2H3. The molecule has 2 aromatic heterocycles. The number of rotatable bonds is 3. The molecule has 2 rings (SSSR count). The molecule has 0 N–H and O–H groups in total. The van der Waals surface area contributed by atoms with Crippen molar-refractivity contribution in [3.05, 3.63) is 35.8 Å². The van der Waals surface area contributed by atoms with E-state index < -0.39 is 5.97 Å². The molecule has 0 atom stereocenters. The van der Waals surface area contributed by atoms with Crippen LogP contribution in [0.15, 0.2) is 29.0 Å². The molecular formula is C12H12N2O3. The van der Waals surface area contributed by atoms with E-state index in [9.17, 15) is 4.79 Å². The lowest BCUT2D eigenvalue weighted by Gasteiger charge is -1.98. The Balaban J connectivity index is 2.37. The first kappa shape index (κ1) is 11.3. The third kappa shape index (κ3) is 2.18. The summed E-state index contributed by atoms with van der Waals surface area (Å²) in [6.45, 7) is 3.84. The SMILES string of the molecule is CCOC(=O)c1noc(-c2ccncc2)c1C. The summed E-state index contributed by atoms with van der Waals surface area (Å²) in [6, 6.07) is 3.59. The Kier molecular flexibility index (Phi) is 3.18. The van der Waals surface area contributed by atoms with E-state index in [-0.39, 0.29) is 5.69 Å². The second-order valence-corrected chi connectivity index (χ2v) is 3.44. The van der Waals surface area contributed by atoms with E-state index in [4.69, 9.17) is 9.26 Å². The van der Waals surface area contributed by atoms with Crippen molar-refractivity contribution in [1.29, 1.82) is 0 Å². The molecule has 5 nitrogen and oxygen atoms in total. The van der Waals surface area contributed by atoms with Gasteiger partial charge < -0.3 is 9.26 Å². The summed E-state index contributed by atoms with van der Waals surface area (Å²) in [7, 11) is 0. The van der Waals surface area contributed by atoms with Crippen LogP contribution in [-0.4, -0.2) is 22.7 Å². The fourth-order valence-corrected chi connectivity index (χ4v) is 1.50. The van der Waals surface area contributed by atoms with E-state index in [0.717, 1.165) is 5.56 Å². The molecule has 0 aliphatic rings. The molecule has 0 amide bonds. The Morgan fingerprint density at radius 2 is 2.12 bits per heavy atom. The Bertz CT molecular complexity index is 520. The van der Waals surface area contributed by atoms with Gasteiger partial charge in [0, 0.05) is 23.5 Å². The lowest BCUT2D eigenvalue weighted by atomic mass is 10.1. The van der Waals surface area contributed by atoms with Crippen LogP contribution in [0.3, 0.4) is 0 Å². The molecule has 88 valence electrons. The zero-order valence-corrected chi connectivity index (χ0v) is 9.64. The van der Waals surface area contributed by atoms with Crippen molar-refractivity contribution in [1.82, 2.24) is 10.1 Å². The van der Waals surface area contributed by atoms with Crippen LogP contribution in [0, 0.1) is 6.92 Å². The van der Waals surface area contributed by atoms with Crippen LogP contribution in [0.5, 0.6) is 0 Å². The minimum atomic E-state index is -0.464. The van der Waals surface area contributed by atoms with Crippen molar-refractivity contribution in [2.24, 2.45) is 0 Å². The second kappa shape index (κ2) is 4.78. The summed E-state index contributed by atoms with van der Waals surface area (Å²) >= 11 is 0. The van der Waals surface area contributed by atoms with Crippen LogP contribution in [0.2, 0.25) is 0 Å². The van der Waals surface area contributed by atoms with Crippen molar-refractivity contribution in [3.63, 3.8) is 0 Å². The summed E-state index contributed by atoms with van der Waals surface area (Å²) in [6.07, 6.45) is 3.31. The fraction of sp³-hybridized carbons (Fsp3) is 0.250. The van der Waals surface area contributed by atoms with E-state index in [1.165, 1.54) is 0 Å². The quantitative estimate of drug-likeness (QED) is 0.759. The largest absolute Gasteiger partial charge is 0.461 e. The van der Waals surface area contributed by atoms with Gasteiger partial charge in [-0.1, -0.05) is 5.16 Å². The van der Waals surface area contributed by atoms with Gasteiger partial charge in [-0.2, -0.15) is 0 Å². The number of hydrogen-bond donors (Lipinski definition) is 0. The third-order valence-electron chi connectivity index (χ3n) is 2.34. The van der Waals surface area contributed by atoms with Gasteiger partial charge in [0.15, 0.2) is 11.5 Å². The van der Waals surface area contributed by atoms with E-state index >= 15 is 0 Å². The maximum atomic E-state index is 11.6. The number of carbonyl (C=O) groups excluding carboxylic acids is 1. The number of carbonyl (C=O) groups is 1. The van der Waals surface area contributed by atoms with E-state index in [1.807, 2.05) is 0 Å². The van der Waals surface area contributed by atoms with Gasteiger partial charge in [-0.3, -0.25) is 4.98 Å². The zero-order chi connectivity index (χ0) is 12.3. The molecule has 0 aliphatic carbocycles. The normalized spacial score (nSPS) is 10.2. The first-order valence-corrected chi connectivity index (χ1v) is 5.27. The first-order valence-electron chi connectivity index (χ1n) is 5.27. The molecule has 0 aromatic carbocycles. The lowest BCUT2D eigenvalue weighted by Crippen LogP contribution is -2.06. The van der Waals surface area contributed by atoms with Gasteiger partial charge in [0.05, 0.1) is 6.61 Å². The number of esters is 1. The molecule has 2 aromatic rings. The van der Waals surface area contributed by atoms with E-state index in [0.29, 0.717) is 17.9 Å². The molecule has 17 heavy (non-hydrogen) atoms. The van der Waals surface area contributed by atoms with Gasteiger partial charge in [0.2, 0.25) is 0 Å².